The van der Waals surface area contributed by atoms with Crippen molar-refractivity contribution in [1.82, 2.24) is 9.88 Å². The van der Waals surface area contributed by atoms with Crippen molar-refractivity contribution in [3.8, 4) is 11.5 Å². The zero-order valence-electron chi connectivity index (χ0n) is 15.5. The number of para-hydroxylation sites is 1. The Kier molecular flexibility index (Phi) is 4.67. The van der Waals surface area contributed by atoms with Crippen molar-refractivity contribution in [2.24, 2.45) is 0 Å². The van der Waals surface area contributed by atoms with Crippen molar-refractivity contribution in [2.45, 2.75) is 13.3 Å². The summed E-state index contributed by atoms with van der Waals surface area (Å²) in [6, 6.07) is 11.3. The van der Waals surface area contributed by atoms with E-state index in [-0.39, 0.29) is 36.6 Å². The van der Waals surface area contributed by atoms with E-state index in [1.165, 1.54) is 12.1 Å². The third-order valence-corrected chi connectivity index (χ3v) is 4.62. The molecular formula is C21H16N2O6. The Labute approximate surface area is 164 Å². The van der Waals surface area contributed by atoms with Crippen LogP contribution in [0.25, 0.3) is 22.4 Å². The normalized spacial score (nSPS) is 13.1. The van der Waals surface area contributed by atoms with E-state index in [2.05, 4.69) is 4.98 Å². The van der Waals surface area contributed by atoms with Crippen LogP contribution >= 0.6 is 0 Å². The minimum atomic E-state index is -0.534. The molecular weight excluding hydrogens is 376 g/mol. The molecule has 2 heterocycles. The molecule has 29 heavy (non-hydrogen) atoms. The van der Waals surface area contributed by atoms with Crippen LogP contribution in [0.4, 0.5) is 0 Å². The van der Waals surface area contributed by atoms with Gasteiger partial charge in [-0.05, 0) is 30.3 Å². The van der Waals surface area contributed by atoms with Gasteiger partial charge in [0.2, 0.25) is 5.89 Å². The zero-order chi connectivity index (χ0) is 20.5. The van der Waals surface area contributed by atoms with Crippen molar-refractivity contribution >= 4 is 28.7 Å². The highest BCUT2D eigenvalue weighted by molar-refractivity contribution is 6.21. The molecule has 0 N–H and O–H groups in total. The highest BCUT2D eigenvalue weighted by Gasteiger charge is 2.35. The first-order chi connectivity index (χ1) is 14.0. The van der Waals surface area contributed by atoms with Crippen molar-refractivity contribution in [2.75, 3.05) is 13.2 Å². The second-order valence-corrected chi connectivity index (χ2v) is 6.42. The van der Waals surface area contributed by atoms with Crippen LogP contribution in [0.1, 0.15) is 34.1 Å². The zero-order valence-corrected chi connectivity index (χ0v) is 15.5. The summed E-state index contributed by atoms with van der Waals surface area (Å²) in [4.78, 5) is 54.0. The fraction of sp³-hybridized carbons (Fsp3) is 0.190. The van der Waals surface area contributed by atoms with Gasteiger partial charge < -0.3 is 9.15 Å². The second-order valence-electron chi connectivity index (χ2n) is 6.42. The molecule has 0 saturated carbocycles. The number of hydrogen-bond donors (Lipinski definition) is 0. The summed E-state index contributed by atoms with van der Waals surface area (Å²) >= 11 is 0. The van der Waals surface area contributed by atoms with E-state index in [0.717, 1.165) is 4.90 Å². The number of carbonyl (C=O) groups excluding carboxylic acids is 3. The molecule has 8 heteroatoms. The van der Waals surface area contributed by atoms with Crippen LogP contribution in [0.3, 0.4) is 0 Å². The van der Waals surface area contributed by atoms with Gasteiger partial charge in [0, 0.05) is 12.0 Å². The van der Waals surface area contributed by atoms with Gasteiger partial charge >= 0.3 is 11.6 Å². The highest BCUT2D eigenvalue weighted by atomic mass is 16.5. The molecule has 0 saturated heterocycles. The van der Waals surface area contributed by atoms with Gasteiger partial charge in [-0.2, -0.15) is 0 Å². The Bertz CT molecular complexity index is 1210. The van der Waals surface area contributed by atoms with Crippen LogP contribution in [-0.2, 0) is 9.53 Å². The lowest BCUT2D eigenvalue weighted by Gasteiger charge is -2.13. The molecule has 2 amide bonds. The molecule has 1 aromatic heterocycles. The second kappa shape index (κ2) is 7.31. The third-order valence-electron chi connectivity index (χ3n) is 4.62. The quantitative estimate of drug-likeness (QED) is 0.485. The first kappa shape index (κ1) is 18.5. The molecule has 1 aliphatic heterocycles. The van der Waals surface area contributed by atoms with Crippen LogP contribution in [0.2, 0.25) is 0 Å². The number of fused-ring (bicyclic) bond motifs is 2. The molecule has 0 spiro atoms. The maximum atomic E-state index is 12.7. The largest absolute Gasteiger partial charge is 0.464 e. The van der Waals surface area contributed by atoms with E-state index in [1.807, 2.05) is 0 Å². The van der Waals surface area contributed by atoms with Crippen molar-refractivity contribution in [3.05, 3.63) is 64.0 Å². The fourth-order valence-corrected chi connectivity index (χ4v) is 3.12. The summed E-state index contributed by atoms with van der Waals surface area (Å²) in [5.74, 6) is -1.30. The van der Waals surface area contributed by atoms with Gasteiger partial charge in [0.1, 0.15) is 6.61 Å². The van der Waals surface area contributed by atoms with Gasteiger partial charge in [-0.3, -0.25) is 19.3 Å². The molecule has 0 bridgehead atoms. The first-order valence-corrected chi connectivity index (χ1v) is 9.05. The van der Waals surface area contributed by atoms with Gasteiger partial charge in [0.25, 0.3) is 11.8 Å². The number of rotatable bonds is 5. The standard InChI is InChI=1S/C21H16N2O6/c1-2-17(24)28-10-9-23-19(25)13-8-7-12(11-15(13)20(23)26)18-22-16-6-4-3-5-14(16)21(27)29-18/h3-8,11H,2,9-10H2,1H3. The number of amides is 2. The molecule has 0 atom stereocenters. The Morgan fingerprint density at radius 3 is 2.62 bits per heavy atom. The lowest BCUT2D eigenvalue weighted by molar-refractivity contribution is -0.143. The predicted octanol–water partition coefficient (Wildman–Crippen LogP) is 2.40. The minimum Gasteiger partial charge on any atom is -0.464 e. The number of carbonyl (C=O) groups is 3. The average Bonchev–Trinajstić information content (AvgIpc) is 2.98. The van der Waals surface area contributed by atoms with E-state index in [9.17, 15) is 19.2 Å². The van der Waals surface area contributed by atoms with E-state index in [1.54, 1.807) is 37.3 Å². The molecule has 0 radical (unpaired) electrons. The van der Waals surface area contributed by atoms with Crippen molar-refractivity contribution in [1.29, 1.82) is 0 Å². The molecule has 0 aliphatic carbocycles. The molecule has 0 fully saturated rings. The SMILES string of the molecule is CCC(=O)OCCN1C(=O)c2ccc(-c3nc4ccccc4c(=O)o3)cc2C1=O. The van der Waals surface area contributed by atoms with Gasteiger partial charge in [-0.1, -0.05) is 19.1 Å². The van der Waals surface area contributed by atoms with E-state index < -0.39 is 23.4 Å². The molecule has 8 nitrogen and oxygen atoms in total. The van der Waals surface area contributed by atoms with E-state index in [4.69, 9.17) is 9.15 Å². The Balaban J connectivity index is 1.64. The molecule has 2 aromatic carbocycles. The van der Waals surface area contributed by atoms with Gasteiger partial charge in [-0.15, -0.1) is 0 Å². The summed E-state index contributed by atoms with van der Waals surface area (Å²) < 4.78 is 10.2. The number of esters is 1. The Morgan fingerprint density at radius 2 is 1.83 bits per heavy atom. The van der Waals surface area contributed by atoms with Crippen LogP contribution in [0.15, 0.2) is 51.7 Å². The topological polar surface area (TPSA) is 107 Å². The lowest BCUT2D eigenvalue weighted by Crippen LogP contribution is -2.33. The van der Waals surface area contributed by atoms with Gasteiger partial charge in [0.05, 0.1) is 28.6 Å². The Morgan fingerprint density at radius 1 is 1.07 bits per heavy atom. The van der Waals surface area contributed by atoms with E-state index in [0.29, 0.717) is 16.5 Å². The minimum absolute atomic E-state index is 0.0310. The number of benzene rings is 2. The summed E-state index contributed by atoms with van der Waals surface area (Å²) in [5, 5.41) is 0.358. The van der Waals surface area contributed by atoms with Crippen molar-refractivity contribution < 1.29 is 23.5 Å². The van der Waals surface area contributed by atoms with E-state index >= 15 is 0 Å². The predicted molar refractivity (Wildman–Crippen MR) is 102 cm³/mol. The van der Waals surface area contributed by atoms with Crippen LogP contribution in [-0.4, -0.2) is 40.8 Å². The number of aromatic nitrogens is 1. The monoisotopic (exact) mass is 392 g/mol. The van der Waals surface area contributed by atoms with Crippen LogP contribution in [0.5, 0.6) is 0 Å². The Hall–Kier alpha value is -3.81. The molecule has 1 aliphatic rings. The smallest absolute Gasteiger partial charge is 0.347 e. The number of imide groups is 1. The number of nitrogens with zero attached hydrogens (tertiary/aromatic N) is 2. The third kappa shape index (κ3) is 3.29. The number of hydrogen-bond acceptors (Lipinski definition) is 7. The first-order valence-electron chi connectivity index (χ1n) is 9.05. The number of ether oxygens (including phenoxy) is 1. The lowest BCUT2D eigenvalue weighted by atomic mass is 10.1. The maximum absolute atomic E-state index is 12.7. The molecule has 4 rings (SSSR count). The highest BCUT2D eigenvalue weighted by Crippen LogP contribution is 2.28. The van der Waals surface area contributed by atoms with Gasteiger partial charge in [0.15, 0.2) is 0 Å². The van der Waals surface area contributed by atoms with Crippen LogP contribution in [0, 0.1) is 0 Å². The summed E-state index contributed by atoms with van der Waals surface area (Å²) in [6.07, 6.45) is 0.218. The molecule has 3 aromatic rings. The maximum Gasteiger partial charge on any atom is 0.347 e. The van der Waals surface area contributed by atoms with Gasteiger partial charge in [-0.25, -0.2) is 9.78 Å². The summed E-state index contributed by atoms with van der Waals surface area (Å²) in [6.45, 7) is 1.56. The fourth-order valence-electron chi connectivity index (χ4n) is 3.12. The van der Waals surface area contributed by atoms with Crippen LogP contribution < -0.4 is 5.63 Å². The van der Waals surface area contributed by atoms with Crippen molar-refractivity contribution in [3.63, 3.8) is 0 Å². The summed E-state index contributed by atoms with van der Waals surface area (Å²) in [7, 11) is 0. The summed E-state index contributed by atoms with van der Waals surface area (Å²) in [5.41, 5.74) is 0.775. The molecule has 146 valence electrons. The average molecular weight is 392 g/mol. The molecule has 0 unspecified atom stereocenters.